The molecule has 3 heteroatoms. The molecule has 0 bridgehead atoms. The van der Waals surface area contributed by atoms with Gasteiger partial charge in [0.2, 0.25) is 0 Å². The fourth-order valence-electron chi connectivity index (χ4n) is 0.762. The lowest BCUT2D eigenvalue weighted by atomic mass is 10.4. The molecule has 1 aromatic heterocycles. The van der Waals surface area contributed by atoms with Crippen molar-refractivity contribution in [1.29, 1.82) is 0 Å². The molecule has 0 atom stereocenters. The van der Waals surface area contributed by atoms with Crippen molar-refractivity contribution in [1.82, 2.24) is 0 Å². The van der Waals surface area contributed by atoms with Crippen molar-refractivity contribution in [3.05, 3.63) is 21.9 Å². The van der Waals surface area contributed by atoms with Gasteiger partial charge in [0, 0.05) is 36.3 Å². The van der Waals surface area contributed by atoms with E-state index in [1.807, 2.05) is 24.6 Å². The largest absolute Gasteiger partial charge is 0.295 e. The predicted octanol–water partition coefficient (Wildman–Crippen LogP) is 1.85. The van der Waals surface area contributed by atoms with Gasteiger partial charge in [0.1, 0.15) is 0 Å². The van der Waals surface area contributed by atoms with Gasteiger partial charge in [0.05, 0.1) is 0 Å². The molecule has 0 unspecified atom stereocenters. The van der Waals surface area contributed by atoms with Gasteiger partial charge in [-0.05, 0) is 12.1 Å². The Kier molecular flexibility index (Phi) is 2.98. The topological polar surface area (TPSA) is 24.7 Å². The van der Waals surface area contributed by atoms with Gasteiger partial charge in [0.15, 0.2) is 0 Å². The second-order valence-corrected chi connectivity index (χ2v) is 3.16. The molecular weight excluding hydrogens is 156 g/mol. The maximum Gasteiger partial charge on any atom is 0.0455 e. The first kappa shape index (κ1) is 8.14. The normalized spacial score (nSPS) is 11.8. The SMILES string of the molecule is CN=Cc1ccc(C=NC)s1. The molecule has 0 amide bonds. The van der Waals surface area contributed by atoms with Crippen LogP contribution in [0.3, 0.4) is 0 Å². The van der Waals surface area contributed by atoms with E-state index in [-0.39, 0.29) is 0 Å². The fraction of sp³-hybridized carbons (Fsp3) is 0.250. The van der Waals surface area contributed by atoms with Gasteiger partial charge >= 0.3 is 0 Å². The Bertz CT molecular complexity index is 247. The molecule has 0 radical (unpaired) electrons. The number of hydrogen-bond donors (Lipinski definition) is 0. The van der Waals surface area contributed by atoms with E-state index < -0.39 is 0 Å². The van der Waals surface area contributed by atoms with Crippen LogP contribution in [0.25, 0.3) is 0 Å². The first-order valence-corrected chi connectivity index (χ1v) is 4.12. The average molecular weight is 166 g/mol. The minimum Gasteiger partial charge on any atom is -0.295 e. The van der Waals surface area contributed by atoms with E-state index in [0.29, 0.717) is 0 Å². The van der Waals surface area contributed by atoms with E-state index in [1.165, 1.54) is 9.75 Å². The van der Waals surface area contributed by atoms with Crippen LogP contribution in [-0.2, 0) is 0 Å². The lowest BCUT2D eigenvalue weighted by Crippen LogP contribution is -1.69. The molecule has 1 aromatic rings. The zero-order valence-corrected chi connectivity index (χ0v) is 7.43. The zero-order chi connectivity index (χ0) is 8.10. The van der Waals surface area contributed by atoms with Crippen LogP contribution in [0.2, 0.25) is 0 Å². The second-order valence-electron chi connectivity index (χ2n) is 2.01. The summed E-state index contributed by atoms with van der Waals surface area (Å²) in [5.41, 5.74) is 0. The van der Waals surface area contributed by atoms with Crippen LogP contribution in [0.5, 0.6) is 0 Å². The molecule has 11 heavy (non-hydrogen) atoms. The van der Waals surface area contributed by atoms with Gasteiger partial charge in [-0.3, -0.25) is 9.98 Å². The van der Waals surface area contributed by atoms with Crippen LogP contribution in [-0.4, -0.2) is 26.5 Å². The first-order valence-electron chi connectivity index (χ1n) is 3.31. The van der Waals surface area contributed by atoms with Crippen molar-refractivity contribution in [2.75, 3.05) is 14.1 Å². The third-order valence-electron chi connectivity index (χ3n) is 1.16. The van der Waals surface area contributed by atoms with Gasteiger partial charge in [-0.25, -0.2) is 0 Å². The predicted molar refractivity (Wildman–Crippen MR) is 51.4 cm³/mol. The highest BCUT2D eigenvalue weighted by molar-refractivity contribution is 7.15. The molecule has 1 heterocycles. The molecule has 0 saturated heterocycles. The maximum absolute atomic E-state index is 3.92. The minimum atomic E-state index is 1.17. The van der Waals surface area contributed by atoms with E-state index in [4.69, 9.17) is 0 Å². The van der Waals surface area contributed by atoms with Crippen molar-refractivity contribution in [2.24, 2.45) is 9.98 Å². The van der Waals surface area contributed by atoms with Gasteiger partial charge in [-0.2, -0.15) is 0 Å². The highest BCUT2D eigenvalue weighted by atomic mass is 32.1. The fourth-order valence-corrected chi connectivity index (χ4v) is 1.62. The summed E-state index contributed by atoms with van der Waals surface area (Å²) in [6.07, 6.45) is 3.69. The Morgan fingerprint density at radius 2 is 1.55 bits per heavy atom. The molecule has 0 aliphatic heterocycles. The molecule has 0 aromatic carbocycles. The van der Waals surface area contributed by atoms with E-state index in [2.05, 4.69) is 9.98 Å². The summed E-state index contributed by atoms with van der Waals surface area (Å²) in [6.45, 7) is 0. The van der Waals surface area contributed by atoms with Crippen LogP contribution in [0.4, 0.5) is 0 Å². The van der Waals surface area contributed by atoms with Crippen molar-refractivity contribution < 1.29 is 0 Å². The van der Waals surface area contributed by atoms with Crippen molar-refractivity contribution in [3.63, 3.8) is 0 Å². The summed E-state index contributed by atoms with van der Waals surface area (Å²) in [7, 11) is 3.54. The Morgan fingerprint density at radius 3 is 1.91 bits per heavy atom. The van der Waals surface area contributed by atoms with Crippen LogP contribution >= 0.6 is 11.3 Å². The molecule has 58 valence electrons. The molecule has 0 aliphatic carbocycles. The van der Waals surface area contributed by atoms with Gasteiger partial charge in [-0.1, -0.05) is 0 Å². The number of rotatable bonds is 2. The highest BCUT2D eigenvalue weighted by Gasteiger charge is 1.92. The molecule has 2 nitrogen and oxygen atoms in total. The van der Waals surface area contributed by atoms with E-state index in [0.717, 1.165) is 0 Å². The second kappa shape index (κ2) is 4.03. The Labute approximate surface area is 70.3 Å². The first-order chi connectivity index (χ1) is 5.36. The van der Waals surface area contributed by atoms with Crippen LogP contribution in [0, 0.1) is 0 Å². The number of aliphatic imine (C=N–C) groups is 2. The molecule has 0 aliphatic rings. The zero-order valence-electron chi connectivity index (χ0n) is 6.61. The Morgan fingerprint density at radius 1 is 1.09 bits per heavy atom. The molecule has 0 fully saturated rings. The Balaban J connectivity index is 2.81. The van der Waals surface area contributed by atoms with Crippen molar-refractivity contribution in [2.45, 2.75) is 0 Å². The summed E-state index contributed by atoms with van der Waals surface area (Å²) in [5, 5.41) is 0. The standard InChI is InChI=1S/C8H10N2S/c1-9-5-7-3-4-8(11-7)6-10-2/h3-6H,1-2H3. The quantitative estimate of drug-likeness (QED) is 0.599. The average Bonchev–Trinajstić information content (AvgIpc) is 2.38. The summed E-state index contributed by atoms with van der Waals surface area (Å²) in [4.78, 5) is 10.2. The van der Waals surface area contributed by atoms with Crippen molar-refractivity contribution >= 4 is 23.8 Å². The lowest BCUT2D eigenvalue weighted by molar-refractivity contribution is 1.47. The summed E-state index contributed by atoms with van der Waals surface area (Å²) < 4.78 is 0. The monoisotopic (exact) mass is 166 g/mol. The molecule has 0 N–H and O–H groups in total. The number of hydrogen-bond acceptors (Lipinski definition) is 3. The summed E-state index contributed by atoms with van der Waals surface area (Å²) in [5.74, 6) is 0. The summed E-state index contributed by atoms with van der Waals surface area (Å²) in [6, 6.07) is 4.07. The van der Waals surface area contributed by atoms with E-state index in [9.17, 15) is 0 Å². The van der Waals surface area contributed by atoms with E-state index >= 15 is 0 Å². The van der Waals surface area contributed by atoms with E-state index in [1.54, 1.807) is 25.4 Å². The number of nitrogens with zero attached hydrogens (tertiary/aromatic N) is 2. The molecule has 1 rings (SSSR count). The third kappa shape index (κ3) is 2.27. The lowest BCUT2D eigenvalue weighted by Gasteiger charge is -1.79. The summed E-state index contributed by atoms with van der Waals surface area (Å²) >= 11 is 1.68. The Hall–Kier alpha value is -0.960. The molecule has 0 spiro atoms. The smallest absolute Gasteiger partial charge is 0.0455 e. The van der Waals surface area contributed by atoms with Crippen LogP contribution < -0.4 is 0 Å². The van der Waals surface area contributed by atoms with Crippen LogP contribution in [0.15, 0.2) is 22.1 Å². The van der Waals surface area contributed by atoms with Gasteiger partial charge in [-0.15, -0.1) is 11.3 Å². The minimum absolute atomic E-state index is 1.17. The molecule has 0 saturated carbocycles. The molecular formula is C8H10N2S. The van der Waals surface area contributed by atoms with Gasteiger partial charge < -0.3 is 0 Å². The third-order valence-corrected chi connectivity index (χ3v) is 2.11. The number of thiophene rings is 1. The van der Waals surface area contributed by atoms with Crippen molar-refractivity contribution in [3.8, 4) is 0 Å². The van der Waals surface area contributed by atoms with Crippen LogP contribution in [0.1, 0.15) is 9.75 Å². The van der Waals surface area contributed by atoms with Gasteiger partial charge in [0.25, 0.3) is 0 Å². The maximum atomic E-state index is 3.92. The highest BCUT2D eigenvalue weighted by Crippen LogP contribution is 2.11.